The Kier molecular flexibility index (Phi) is 2.61. The van der Waals surface area contributed by atoms with Crippen molar-refractivity contribution < 1.29 is 4.79 Å². The molecule has 3 nitrogen and oxygen atoms in total. The van der Waals surface area contributed by atoms with Gasteiger partial charge in [-0.25, -0.2) is 4.98 Å². The number of pyridine rings is 1. The second kappa shape index (κ2) is 4.27. The SMILES string of the molecule is O=C(c1ccccc1)c1cnc2cccc(Cl)n12. The second-order valence-electron chi connectivity index (χ2n) is 3.88. The summed E-state index contributed by atoms with van der Waals surface area (Å²) in [6, 6.07) is 14.4. The van der Waals surface area contributed by atoms with Gasteiger partial charge in [0.15, 0.2) is 0 Å². The molecule has 2 aromatic heterocycles. The van der Waals surface area contributed by atoms with Crippen LogP contribution in [-0.2, 0) is 0 Å². The molecule has 0 spiro atoms. The van der Waals surface area contributed by atoms with Crippen molar-refractivity contribution in [3.63, 3.8) is 0 Å². The van der Waals surface area contributed by atoms with Crippen LogP contribution in [0.4, 0.5) is 0 Å². The molecule has 0 aliphatic heterocycles. The molecule has 0 N–H and O–H groups in total. The van der Waals surface area contributed by atoms with Crippen LogP contribution < -0.4 is 0 Å². The summed E-state index contributed by atoms with van der Waals surface area (Å²) in [4.78, 5) is 16.5. The van der Waals surface area contributed by atoms with Crippen molar-refractivity contribution in [2.75, 3.05) is 0 Å². The van der Waals surface area contributed by atoms with E-state index < -0.39 is 0 Å². The van der Waals surface area contributed by atoms with Crippen LogP contribution in [-0.4, -0.2) is 15.2 Å². The summed E-state index contributed by atoms with van der Waals surface area (Å²) >= 11 is 6.11. The molecular formula is C14H9ClN2O. The third-order valence-corrected chi connectivity index (χ3v) is 3.05. The third-order valence-electron chi connectivity index (χ3n) is 2.75. The number of halogens is 1. The summed E-state index contributed by atoms with van der Waals surface area (Å²) in [7, 11) is 0. The monoisotopic (exact) mass is 256 g/mol. The van der Waals surface area contributed by atoms with E-state index in [1.54, 1.807) is 34.9 Å². The summed E-state index contributed by atoms with van der Waals surface area (Å²) in [6.45, 7) is 0. The summed E-state index contributed by atoms with van der Waals surface area (Å²) in [6.07, 6.45) is 1.55. The first-order valence-electron chi connectivity index (χ1n) is 5.49. The van der Waals surface area contributed by atoms with E-state index in [0.29, 0.717) is 22.1 Å². The lowest BCUT2D eigenvalue weighted by Gasteiger charge is -2.03. The molecule has 3 rings (SSSR count). The van der Waals surface area contributed by atoms with Crippen molar-refractivity contribution in [2.24, 2.45) is 0 Å². The van der Waals surface area contributed by atoms with Crippen LogP contribution in [0, 0.1) is 0 Å². The Bertz CT molecular complexity index is 719. The molecule has 1 aromatic carbocycles. The summed E-state index contributed by atoms with van der Waals surface area (Å²) in [5.41, 5.74) is 1.77. The summed E-state index contributed by atoms with van der Waals surface area (Å²) in [5, 5.41) is 0.476. The standard InChI is InChI=1S/C14H9ClN2O/c15-12-7-4-8-13-16-9-11(17(12)13)14(18)10-5-2-1-3-6-10/h1-9H. The van der Waals surface area contributed by atoms with Crippen LogP contribution in [0.1, 0.15) is 16.1 Å². The molecule has 2 heterocycles. The number of carbonyl (C=O) groups is 1. The van der Waals surface area contributed by atoms with E-state index in [0.717, 1.165) is 0 Å². The van der Waals surface area contributed by atoms with Crippen molar-refractivity contribution in [3.05, 3.63) is 71.1 Å². The van der Waals surface area contributed by atoms with Gasteiger partial charge in [0, 0.05) is 5.56 Å². The highest BCUT2D eigenvalue weighted by Gasteiger charge is 2.15. The minimum absolute atomic E-state index is 0.0869. The Balaban J connectivity index is 2.19. The van der Waals surface area contributed by atoms with E-state index in [1.807, 2.05) is 24.3 Å². The van der Waals surface area contributed by atoms with Gasteiger partial charge in [-0.3, -0.25) is 9.20 Å². The van der Waals surface area contributed by atoms with E-state index in [1.165, 1.54) is 0 Å². The molecular weight excluding hydrogens is 248 g/mol. The van der Waals surface area contributed by atoms with Gasteiger partial charge >= 0.3 is 0 Å². The lowest BCUT2D eigenvalue weighted by molar-refractivity contribution is 0.103. The first kappa shape index (κ1) is 11.0. The van der Waals surface area contributed by atoms with E-state index in [4.69, 9.17) is 11.6 Å². The first-order chi connectivity index (χ1) is 8.77. The molecule has 4 heteroatoms. The number of benzene rings is 1. The predicted molar refractivity (Wildman–Crippen MR) is 70.1 cm³/mol. The fourth-order valence-corrected chi connectivity index (χ4v) is 2.14. The smallest absolute Gasteiger partial charge is 0.211 e. The molecule has 3 aromatic rings. The van der Waals surface area contributed by atoms with E-state index in [9.17, 15) is 4.79 Å². The Hall–Kier alpha value is -2.13. The highest BCUT2D eigenvalue weighted by Crippen LogP contribution is 2.17. The van der Waals surface area contributed by atoms with Gasteiger partial charge in [0.05, 0.1) is 6.20 Å². The fourth-order valence-electron chi connectivity index (χ4n) is 1.89. The highest BCUT2D eigenvalue weighted by atomic mass is 35.5. The van der Waals surface area contributed by atoms with Gasteiger partial charge in [-0.2, -0.15) is 0 Å². The van der Waals surface area contributed by atoms with Crippen molar-refractivity contribution >= 4 is 23.0 Å². The Morgan fingerprint density at radius 1 is 1.06 bits per heavy atom. The first-order valence-corrected chi connectivity index (χ1v) is 5.87. The minimum atomic E-state index is -0.0869. The molecule has 0 aliphatic carbocycles. The maximum Gasteiger partial charge on any atom is 0.211 e. The molecule has 0 fully saturated rings. The van der Waals surface area contributed by atoms with Gasteiger partial charge in [-0.15, -0.1) is 0 Å². The van der Waals surface area contributed by atoms with Gasteiger partial charge in [0.25, 0.3) is 0 Å². The number of aromatic nitrogens is 2. The van der Waals surface area contributed by atoms with Gasteiger partial charge < -0.3 is 0 Å². The van der Waals surface area contributed by atoms with Crippen LogP contribution in [0.3, 0.4) is 0 Å². The lowest BCUT2D eigenvalue weighted by atomic mass is 10.1. The normalized spacial score (nSPS) is 10.7. The number of hydrogen-bond donors (Lipinski definition) is 0. The largest absolute Gasteiger partial charge is 0.287 e. The minimum Gasteiger partial charge on any atom is -0.287 e. The molecule has 0 amide bonds. The number of hydrogen-bond acceptors (Lipinski definition) is 2. The Morgan fingerprint density at radius 3 is 2.61 bits per heavy atom. The van der Waals surface area contributed by atoms with E-state index in [2.05, 4.69) is 4.98 Å². The van der Waals surface area contributed by atoms with Crippen LogP contribution in [0.25, 0.3) is 5.65 Å². The molecule has 0 bridgehead atoms. The molecule has 0 saturated carbocycles. The van der Waals surface area contributed by atoms with Gasteiger partial charge in [-0.05, 0) is 12.1 Å². The second-order valence-corrected chi connectivity index (χ2v) is 4.27. The molecule has 0 radical (unpaired) electrons. The van der Waals surface area contributed by atoms with Crippen LogP contribution in [0.2, 0.25) is 5.15 Å². The molecule has 18 heavy (non-hydrogen) atoms. The van der Waals surface area contributed by atoms with Crippen LogP contribution in [0.5, 0.6) is 0 Å². The summed E-state index contributed by atoms with van der Waals surface area (Å²) in [5.74, 6) is -0.0869. The number of ketones is 1. The zero-order valence-corrected chi connectivity index (χ0v) is 10.1. The predicted octanol–water partition coefficient (Wildman–Crippen LogP) is 3.22. The van der Waals surface area contributed by atoms with Crippen LogP contribution >= 0.6 is 11.6 Å². The number of nitrogens with zero attached hydrogens (tertiary/aromatic N) is 2. The Morgan fingerprint density at radius 2 is 1.83 bits per heavy atom. The van der Waals surface area contributed by atoms with Crippen molar-refractivity contribution in [2.45, 2.75) is 0 Å². The quantitative estimate of drug-likeness (QED) is 0.521. The number of rotatable bonds is 2. The van der Waals surface area contributed by atoms with E-state index >= 15 is 0 Å². The van der Waals surface area contributed by atoms with Gasteiger partial charge in [0.2, 0.25) is 5.78 Å². The van der Waals surface area contributed by atoms with Gasteiger partial charge in [0.1, 0.15) is 16.5 Å². The average molecular weight is 257 g/mol. The average Bonchev–Trinajstić information content (AvgIpc) is 2.84. The maximum absolute atomic E-state index is 12.4. The maximum atomic E-state index is 12.4. The molecule has 88 valence electrons. The lowest BCUT2D eigenvalue weighted by Crippen LogP contribution is -2.05. The number of carbonyl (C=O) groups excluding carboxylic acids is 1. The highest BCUT2D eigenvalue weighted by molar-refractivity contribution is 6.30. The molecule has 0 saturated heterocycles. The number of imidazole rings is 1. The van der Waals surface area contributed by atoms with E-state index in [-0.39, 0.29) is 5.78 Å². The molecule has 0 aliphatic rings. The van der Waals surface area contributed by atoms with Gasteiger partial charge in [-0.1, -0.05) is 48.0 Å². The van der Waals surface area contributed by atoms with Crippen molar-refractivity contribution in [3.8, 4) is 0 Å². The van der Waals surface area contributed by atoms with Crippen molar-refractivity contribution in [1.29, 1.82) is 0 Å². The zero-order valence-electron chi connectivity index (χ0n) is 9.38. The Labute approximate surface area is 109 Å². The zero-order chi connectivity index (χ0) is 12.5. The molecule has 0 atom stereocenters. The topological polar surface area (TPSA) is 34.4 Å². The number of fused-ring (bicyclic) bond motifs is 1. The van der Waals surface area contributed by atoms with Crippen LogP contribution in [0.15, 0.2) is 54.7 Å². The third kappa shape index (κ3) is 1.69. The summed E-state index contributed by atoms with van der Waals surface area (Å²) < 4.78 is 1.65. The fraction of sp³-hybridized carbons (Fsp3) is 0. The van der Waals surface area contributed by atoms with Crippen molar-refractivity contribution in [1.82, 2.24) is 9.38 Å². The molecule has 0 unspecified atom stereocenters.